The van der Waals surface area contributed by atoms with E-state index in [9.17, 15) is 0 Å². The Morgan fingerprint density at radius 3 is 2.63 bits per heavy atom. The molecule has 0 radical (unpaired) electrons. The second-order valence-corrected chi connectivity index (χ2v) is 4.32. The van der Waals surface area contributed by atoms with Crippen LogP contribution in [0.25, 0.3) is 0 Å². The number of aromatic nitrogens is 4. The van der Waals surface area contributed by atoms with Crippen LogP contribution >= 0.6 is 0 Å². The van der Waals surface area contributed by atoms with Gasteiger partial charge in [0.15, 0.2) is 0 Å². The summed E-state index contributed by atoms with van der Waals surface area (Å²) >= 11 is 0. The highest BCUT2D eigenvalue weighted by atomic mass is 15.3. The Morgan fingerprint density at radius 2 is 2.05 bits per heavy atom. The lowest BCUT2D eigenvalue weighted by Crippen LogP contribution is -2.12. The number of nitrogens with two attached hydrogens (primary N) is 1. The molecule has 2 rings (SSSR count). The number of rotatable bonds is 5. The molecule has 0 atom stereocenters. The molecule has 7 nitrogen and oxygen atoms in total. The first-order chi connectivity index (χ1) is 9.12. The molecule has 0 saturated heterocycles. The second kappa shape index (κ2) is 5.66. The van der Waals surface area contributed by atoms with Gasteiger partial charge in [0.2, 0.25) is 0 Å². The van der Waals surface area contributed by atoms with E-state index < -0.39 is 0 Å². The molecule has 0 aliphatic heterocycles. The van der Waals surface area contributed by atoms with Crippen LogP contribution in [0.2, 0.25) is 0 Å². The van der Waals surface area contributed by atoms with Crippen molar-refractivity contribution in [3.8, 4) is 0 Å². The number of aryl methyl sites for hydroxylation is 3. The van der Waals surface area contributed by atoms with E-state index in [-0.39, 0.29) is 0 Å². The summed E-state index contributed by atoms with van der Waals surface area (Å²) in [5.74, 6) is 7.51. The molecule has 0 spiro atoms. The molecule has 0 saturated carbocycles. The molecule has 0 aliphatic carbocycles. The average Bonchev–Trinajstić information content (AvgIpc) is 2.74. The van der Waals surface area contributed by atoms with Crippen molar-refractivity contribution in [3.05, 3.63) is 29.3 Å². The van der Waals surface area contributed by atoms with Crippen LogP contribution < -0.4 is 16.6 Å². The van der Waals surface area contributed by atoms with E-state index in [1.54, 1.807) is 10.7 Å². The van der Waals surface area contributed by atoms with Gasteiger partial charge in [-0.05, 0) is 6.92 Å². The van der Waals surface area contributed by atoms with Gasteiger partial charge in [-0.2, -0.15) is 5.10 Å². The SMILES string of the molecule is CCc1nc(NN)cc(NCc2cn(C)nc2C)n1. The summed E-state index contributed by atoms with van der Waals surface area (Å²) in [6, 6.07) is 1.78. The number of nitrogens with zero attached hydrogens (tertiary/aromatic N) is 4. The molecular weight excluding hydrogens is 242 g/mol. The van der Waals surface area contributed by atoms with Crippen molar-refractivity contribution < 1.29 is 0 Å². The third-order valence-electron chi connectivity index (χ3n) is 2.81. The molecule has 0 aromatic carbocycles. The second-order valence-electron chi connectivity index (χ2n) is 4.32. The van der Waals surface area contributed by atoms with Crippen LogP contribution in [0.15, 0.2) is 12.3 Å². The van der Waals surface area contributed by atoms with Crippen LogP contribution in [0.1, 0.15) is 24.0 Å². The summed E-state index contributed by atoms with van der Waals surface area (Å²) < 4.78 is 1.80. The van der Waals surface area contributed by atoms with Gasteiger partial charge in [-0.1, -0.05) is 6.92 Å². The summed E-state index contributed by atoms with van der Waals surface area (Å²) in [5, 5.41) is 7.57. The molecule has 2 aromatic heterocycles. The Hall–Kier alpha value is -2.15. The van der Waals surface area contributed by atoms with E-state index in [4.69, 9.17) is 5.84 Å². The standard InChI is InChI=1S/C12H19N7/c1-4-10-15-11(5-12(16-10)17-13)14-6-9-7-19(3)18-8(9)2/h5,7H,4,6,13H2,1-3H3,(H2,14,15,16,17). The van der Waals surface area contributed by atoms with E-state index in [1.807, 2.05) is 27.1 Å². The maximum Gasteiger partial charge on any atom is 0.145 e. The normalized spacial score (nSPS) is 10.5. The van der Waals surface area contributed by atoms with Gasteiger partial charge in [0.05, 0.1) is 5.69 Å². The molecule has 4 N–H and O–H groups in total. The number of nitrogens with one attached hydrogen (secondary N) is 2. The summed E-state index contributed by atoms with van der Waals surface area (Å²) in [6.45, 7) is 4.66. The Bertz CT molecular complexity index is 539. The largest absolute Gasteiger partial charge is 0.366 e. The van der Waals surface area contributed by atoms with Crippen LogP contribution in [0.4, 0.5) is 11.6 Å². The number of hydrogen-bond acceptors (Lipinski definition) is 6. The summed E-state index contributed by atoms with van der Waals surface area (Å²) in [6.07, 6.45) is 2.75. The Balaban J connectivity index is 2.12. The van der Waals surface area contributed by atoms with Gasteiger partial charge in [-0.15, -0.1) is 0 Å². The van der Waals surface area contributed by atoms with E-state index in [0.29, 0.717) is 12.4 Å². The fourth-order valence-corrected chi connectivity index (χ4v) is 1.83. The quantitative estimate of drug-likeness (QED) is 0.548. The first kappa shape index (κ1) is 13.3. The Labute approximate surface area is 112 Å². The fraction of sp³-hybridized carbons (Fsp3) is 0.417. The van der Waals surface area contributed by atoms with E-state index in [2.05, 4.69) is 25.8 Å². The predicted octanol–water partition coefficient (Wildman–Crippen LogP) is 0.979. The number of hydrogen-bond donors (Lipinski definition) is 3. The fourth-order valence-electron chi connectivity index (χ4n) is 1.83. The van der Waals surface area contributed by atoms with Crippen molar-refractivity contribution in [2.24, 2.45) is 12.9 Å². The van der Waals surface area contributed by atoms with E-state index in [0.717, 1.165) is 29.3 Å². The zero-order valence-electron chi connectivity index (χ0n) is 11.4. The van der Waals surface area contributed by atoms with Crippen LogP contribution in [0, 0.1) is 6.92 Å². The molecule has 0 fully saturated rings. The molecule has 102 valence electrons. The maximum atomic E-state index is 5.40. The van der Waals surface area contributed by atoms with Gasteiger partial charge in [-0.25, -0.2) is 15.8 Å². The van der Waals surface area contributed by atoms with Crippen molar-refractivity contribution >= 4 is 11.6 Å². The lowest BCUT2D eigenvalue weighted by molar-refractivity contribution is 0.756. The van der Waals surface area contributed by atoms with E-state index >= 15 is 0 Å². The van der Waals surface area contributed by atoms with Crippen molar-refractivity contribution in [2.75, 3.05) is 10.7 Å². The van der Waals surface area contributed by atoms with Crippen molar-refractivity contribution in [2.45, 2.75) is 26.8 Å². The highest BCUT2D eigenvalue weighted by molar-refractivity contribution is 5.47. The lowest BCUT2D eigenvalue weighted by atomic mass is 10.2. The molecule has 0 unspecified atom stereocenters. The minimum absolute atomic E-state index is 0.609. The zero-order valence-corrected chi connectivity index (χ0v) is 11.4. The molecule has 0 bridgehead atoms. The van der Waals surface area contributed by atoms with Crippen molar-refractivity contribution in [1.29, 1.82) is 0 Å². The van der Waals surface area contributed by atoms with Gasteiger partial charge in [-0.3, -0.25) is 4.68 Å². The maximum absolute atomic E-state index is 5.40. The highest BCUT2D eigenvalue weighted by Gasteiger charge is 2.05. The van der Waals surface area contributed by atoms with Gasteiger partial charge in [0.1, 0.15) is 17.5 Å². The number of nitrogen functional groups attached to an aromatic ring is 1. The summed E-state index contributed by atoms with van der Waals surface area (Å²) in [4.78, 5) is 8.65. The van der Waals surface area contributed by atoms with E-state index in [1.165, 1.54) is 0 Å². The molecule has 7 heteroatoms. The third-order valence-corrected chi connectivity index (χ3v) is 2.81. The minimum Gasteiger partial charge on any atom is -0.366 e. The zero-order chi connectivity index (χ0) is 13.8. The number of hydrazine groups is 1. The molecular formula is C12H19N7. The number of anilines is 2. The average molecular weight is 261 g/mol. The molecule has 0 aliphatic rings. The lowest BCUT2D eigenvalue weighted by Gasteiger charge is -2.08. The smallest absolute Gasteiger partial charge is 0.145 e. The van der Waals surface area contributed by atoms with Gasteiger partial charge in [0, 0.05) is 37.8 Å². The third kappa shape index (κ3) is 3.19. The molecule has 0 amide bonds. The molecule has 19 heavy (non-hydrogen) atoms. The van der Waals surface area contributed by atoms with Gasteiger partial charge in [0.25, 0.3) is 0 Å². The van der Waals surface area contributed by atoms with Crippen molar-refractivity contribution in [3.63, 3.8) is 0 Å². The predicted molar refractivity (Wildman–Crippen MR) is 74.5 cm³/mol. The van der Waals surface area contributed by atoms with Crippen molar-refractivity contribution in [1.82, 2.24) is 19.7 Å². The van der Waals surface area contributed by atoms with Gasteiger partial charge < -0.3 is 10.7 Å². The molecule has 2 heterocycles. The summed E-state index contributed by atoms with van der Waals surface area (Å²) in [5.41, 5.74) is 4.70. The topological polar surface area (TPSA) is 93.7 Å². The minimum atomic E-state index is 0.609. The van der Waals surface area contributed by atoms with Crippen LogP contribution in [0.3, 0.4) is 0 Å². The van der Waals surface area contributed by atoms with Crippen LogP contribution in [-0.2, 0) is 20.0 Å². The first-order valence-electron chi connectivity index (χ1n) is 6.20. The monoisotopic (exact) mass is 261 g/mol. The van der Waals surface area contributed by atoms with Gasteiger partial charge >= 0.3 is 0 Å². The molecule has 2 aromatic rings. The summed E-state index contributed by atoms with van der Waals surface area (Å²) in [7, 11) is 1.91. The first-order valence-corrected chi connectivity index (χ1v) is 6.20. The Morgan fingerprint density at radius 1 is 1.32 bits per heavy atom. The van der Waals surface area contributed by atoms with Crippen LogP contribution in [-0.4, -0.2) is 19.7 Å². The highest BCUT2D eigenvalue weighted by Crippen LogP contribution is 2.13. The Kier molecular flexibility index (Phi) is 3.96. The van der Waals surface area contributed by atoms with Crippen LogP contribution in [0.5, 0.6) is 0 Å².